The molecule has 1 amide bonds. The van der Waals surface area contributed by atoms with E-state index in [0.29, 0.717) is 12.2 Å². The van der Waals surface area contributed by atoms with Crippen LogP contribution in [0.4, 0.5) is 0 Å². The zero-order valence-corrected chi connectivity index (χ0v) is 17.5. The third-order valence-electron chi connectivity index (χ3n) is 5.23. The lowest BCUT2D eigenvalue weighted by Crippen LogP contribution is -2.23. The minimum atomic E-state index is -0.220. The molecule has 0 aromatic heterocycles. The quantitative estimate of drug-likeness (QED) is 0.674. The van der Waals surface area contributed by atoms with Gasteiger partial charge in [0.05, 0.1) is 19.1 Å². The van der Waals surface area contributed by atoms with E-state index in [0.717, 1.165) is 29.7 Å². The average molecular weight is 392 g/mol. The van der Waals surface area contributed by atoms with Crippen LogP contribution in [0.1, 0.15) is 49.1 Å². The van der Waals surface area contributed by atoms with Gasteiger partial charge in [0.2, 0.25) is 5.91 Å². The predicted molar refractivity (Wildman–Crippen MR) is 115 cm³/mol. The maximum absolute atomic E-state index is 12.4. The Labute approximate surface area is 173 Å². The molecule has 29 heavy (non-hydrogen) atoms. The summed E-state index contributed by atoms with van der Waals surface area (Å²) in [5.41, 5.74) is 1.91. The molecule has 1 aliphatic rings. The summed E-state index contributed by atoms with van der Waals surface area (Å²) in [4.78, 5) is 14.0. The molecular weight excluding hydrogens is 362 g/mol. The highest BCUT2D eigenvalue weighted by Crippen LogP contribution is 2.35. The fourth-order valence-electron chi connectivity index (χ4n) is 3.49. The van der Waals surface area contributed by atoms with Crippen molar-refractivity contribution in [2.75, 3.05) is 21.2 Å². The minimum Gasteiger partial charge on any atom is -0.493 e. The van der Waals surface area contributed by atoms with Crippen molar-refractivity contribution in [2.45, 2.75) is 44.1 Å². The molecule has 0 bridgehead atoms. The van der Waals surface area contributed by atoms with Crippen LogP contribution in [0, 0.1) is 11.8 Å². The fourth-order valence-corrected chi connectivity index (χ4v) is 3.49. The van der Waals surface area contributed by atoms with E-state index < -0.39 is 0 Å². The number of nitrogens with zero attached hydrogens (tertiary/aromatic N) is 1. The van der Waals surface area contributed by atoms with E-state index >= 15 is 0 Å². The van der Waals surface area contributed by atoms with Crippen LogP contribution in [0.3, 0.4) is 0 Å². The van der Waals surface area contributed by atoms with Gasteiger partial charge >= 0.3 is 0 Å². The lowest BCUT2D eigenvalue weighted by Gasteiger charge is -2.19. The SMILES string of the molecule is COc1ccc(C(C#Cc2ccccc2)CC(=O)N(C)C)cc1OC1CCCC1. The number of benzene rings is 2. The molecular formula is C25H29NO3. The Hall–Kier alpha value is -2.93. The summed E-state index contributed by atoms with van der Waals surface area (Å²) in [5.74, 6) is 7.80. The van der Waals surface area contributed by atoms with Crippen molar-refractivity contribution >= 4 is 5.91 Å². The summed E-state index contributed by atoms with van der Waals surface area (Å²) in [6.07, 6.45) is 5.11. The second kappa shape index (κ2) is 10.0. The topological polar surface area (TPSA) is 38.8 Å². The van der Waals surface area contributed by atoms with Gasteiger partial charge in [0.15, 0.2) is 11.5 Å². The summed E-state index contributed by atoms with van der Waals surface area (Å²) in [6.45, 7) is 0. The zero-order chi connectivity index (χ0) is 20.6. The van der Waals surface area contributed by atoms with Gasteiger partial charge in [0, 0.05) is 26.1 Å². The molecule has 0 radical (unpaired) electrons. The highest BCUT2D eigenvalue weighted by atomic mass is 16.5. The second-order valence-corrected chi connectivity index (χ2v) is 7.61. The van der Waals surface area contributed by atoms with Crippen LogP contribution in [-0.4, -0.2) is 38.1 Å². The van der Waals surface area contributed by atoms with Crippen LogP contribution < -0.4 is 9.47 Å². The van der Waals surface area contributed by atoms with Crippen molar-refractivity contribution in [1.29, 1.82) is 0 Å². The third kappa shape index (κ3) is 5.77. The summed E-state index contributed by atoms with van der Waals surface area (Å²) in [5, 5.41) is 0. The van der Waals surface area contributed by atoms with Gasteiger partial charge in [-0.05, 0) is 55.5 Å². The predicted octanol–water partition coefficient (Wildman–Crippen LogP) is 4.63. The molecule has 1 unspecified atom stereocenters. The Morgan fingerprint density at radius 2 is 1.83 bits per heavy atom. The number of ether oxygens (including phenoxy) is 2. The van der Waals surface area contributed by atoms with E-state index in [-0.39, 0.29) is 17.9 Å². The fraction of sp³-hybridized carbons (Fsp3) is 0.400. The first-order valence-corrected chi connectivity index (χ1v) is 10.2. The van der Waals surface area contributed by atoms with E-state index in [9.17, 15) is 4.79 Å². The van der Waals surface area contributed by atoms with Gasteiger partial charge in [-0.15, -0.1) is 0 Å². The van der Waals surface area contributed by atoms with Crippen molar-refractivity contribution in [1.82, 2.24) is 4.90 Å². The summed E-state index contributed by atoms with van der Waals surface area (Å²) in [6, 6.07) is 15.7. The van der Waals surface area contributed by atoms with Crippen LogP contribution >= 0.6 is 0 Å². The van der Waals surface area contributed by atoms with Crippen molar-refractivity contribution < 1.29 is 14.3 Å². The number of carbonyl (C=O) groups is 1. The molecule has 0 N–H and O–H groups in total. The molecule has 1 fully saturated rings. The number of methoxy groups -OCH3 is 1. The van der Waals surface area contributed by atoms with E-state index in [1.54, 1.807) is 26.1 Å². The van der Waals surface area contributed by atoms with E-state index in [1.165, 1.54) is 12.8 Å². The molecule has 4 heteroatoms. The number of carbonyl (C=O) groups excluding carboxylic acids is 1. The average Bonchev–Trinajstić information content (AvgIpc) is 3.24. The molecule has 1 atom stereocenters. The monoisotopic (exact) mass is 391 g/mol. The van der Waals surface area contributed by atoms with Crippen molar-refractivity contribution in [2.24, 2.45) is 0 Å². The Kier molecular flexibility index (Phi) is 7.19. The molecule has 0 spiro atoms. The van der Waals surface area contributed by atoms with Crippen molar-refractivity contribution in [3.05, 3.63) is 59.7 Å². The molecule has 3 rings (SSSR count). The van der Waals surface area contributed by atoms with Crippen LogP contribution in [-0.2, 0) is 4.79 Å². The molecule has 2 aromatic carbocycles. The number of hydrogen-bond donors (Lipinski definition) is 0. The van der Waals surface area contributed by atoms with Gasteiger partial charge < -0.3 is 14.4 Å². The molecule has 2 aromatic rings. The molecule has 0 aliphatic heterocycles. The maximum Gasteiger partial charge on any atom is 0.223 e. The Morgan fingerprint density at radius 1 is 1.10 bits per heavy atom. The molecule has 152 valence electrons. The Bertz CT molecular complexity index is 874. The lowest BCUT2D eigenvalue weighted by molar-refractivity contribution is -0.128. The van der Waals surface area contributed by atoms with Gasteiger partial charge in [-0.3, -0.25) is 4.79 Å². The summed E-state index contributed by atoms with van der Waals surface area (Å²) in [7, 11) is 5.19. The standard InChI is InChI=1S/C25H29NO3/c1-26(2)25(27)18-21(14-13-19-9-5-4-6-10-19)20-15-16-23(28-3)24(17-20)29-22-11-7-8-12-22/h4-6,9-10,15-17,21-22H,7-8,11-12,18H2,1-3H3. The zero-order valence-electron chi connectivity index (χ0n) is 17.5. The van der Waals surface area contributed by atoms with Crippen LogP contribution in [0.25, 0.3) is 0 Å². The number of hydrogen-bond acceptors (Lipinski definition) is 3. The maximum atomic E-state index is 12.4. The largest absolute Gasteiger partial charge is 0.493 e. The van der Waals surface area contributed by atoms with Crippen LogP contribution in [0.15, 0.2) is 48.5 Å². The third-order valence-corrected chi connectivity index (χ3v) is 5.23. The highest BCUT2D eigenvalue weighted by molar-refractivity contribution is 5.77. The number of amides is 1. The lowest BCUT2D eigenvalue weighted by atomic mass is 9.94. The number of rotatable bonds is 6. The minimum absolute atomic E-state index is 0.0476. The molecule has 4 nitrogen and oxygen atoms in total. The first-order valence-electron chi connectivity index (χ1n) is 10.2. The smallest absolute Gasteiger partial charge is 0.223 e. The van der Waals surface area contributed by atoms with E-state index in [4.69, 9.17) is 9.47 Å². The highest BCUT2D eigenvalue weighted by Gasteiger charge is 2.21. The molecule has 0 saturated heterocycles. The van der Waals surface area contributed by atoms with Crippen LogP contribution in [0.5, 0.6) is 11.5 Å². The Balaban J connectivity index is 1.91. The summed E-state index contributed by atoms with van der Waals surface area (Å²) >= 11 is 0. The van der Waals surface area contributed by atoms with Gasteiger partial charge in [0.1, 0.15) is 0 Å². The first-order chi connectivity index (χ1) is 14.1. The van der Waals surface area contributed by atoms with Crippen molar-refractivity contribution in [3.63, 3.8) is 0 Å². The van der Waals surface area contributed by atoms with E-state index in [1.807, 2.05) is 48.5 Å². The van der Waals surface area contributed by atoms with Crippen LogP contribution in [0.2, 0.25) is 0 Å². The Morgan fingerprint density at radius 3 is 2.48 bits per heavy atom. The van der Waals surface area contributed by atoms with Gasteiger partial charge in [-0.25, -0.2) is 0 Å². The van der Waals surface area contributed by atoms with Gasteiger partial charge in [0.25, 0.3) is 0 Å². The summed E-state index contributed by atoms with van der Waals surface area (Å²) < 4.78 is 11.7. The molecule has 1 aliphatic carbocycles. The second-order valence-electron chi connectivity index (χ2n) is 7.61. The van der Waals surface area contributed by atoms with E-state index in [2.05, 4.69) is 11.8 Å². The first kappa shape index (κ1) is 20.8. The normalized spacial score (nSPS) is 14.6. The molecule has 0 heterocycles. The van der Waals surface area contributed by atoms with Gasteiger partial charge in [-0.1, -0.05) is 36.1 Å². The van der Waals surface area contributed by atoms with Gasteiger partial charge in [-0.2, -0.15) is 0 Å². The molecule has 1 saturated carbocycles. The van der Waals surface area contributed by atoms with Crippen molar-refractivity contribution in [3.8, 4) is 23.3 Å².